The largest absolute Gasteiger partial charge is 0.494 e. The fraction of sp³-hybridized carbons (Fsp3) is 0.407. The number of hydrogen-bond acceptors (Lipinski definition) is 7. The number of carbonyl (C=O) groups is 1. The minimum Gasteiger partial charge on any atom is -0.494 e. The fourth-order valence-corrected chi connectivity index (χ4v) is 4.12. The molecule has 0 radical (unpaired) electrons. The zero-order chi connectivity index (χ0) is 26.6. The molecule has 0 aliphatic heterocycles. The summed E-state index contributed by atoms with van der Waals surface area (Å²) in [4.78, 5) is 13.4. The molecule has 0 bridgehead atoms. The van der Waals surface area contributed by atoms with Crippen LogP contribution in [0.3, 0.4) is 0 Å². The Morgan fingerprint density at radius 2 is 1.86 bits per heavy atom. The summed E-state index contributed by atoms with van der Waals surface area (Å²) in [6.45, 7) is 10.1. The molecule has 0 saturated carbocycles. The standard InChI is InChI=1S/C27H33FN4O4/c1-7-35-21-13-17-14-32(26(30)22(17)23(28)25(21)36-8-2)15-20(33)16-11-18(27(3,4)5)24(34-6)19(12-16)31-10-9-29/h11-14,31H,7-8,10,15,30H2,1-6H3. The van der Waals surface area contributed by atoms with E-state index in [0.29, 0.717) is 29.0 Å². The number of nitrogens with zero attached hydrogens (tertiary/aromatic N) is 2. The first-order chi connectivity index (χ1) is 17.1. The number of nitrogens with one attached hydrogen (secondary N) is 1. The molecular formula is C27H33FN4O4. The monoisotopic (exact) mass is 496 g/mol. The molecular weight excluding hydrogens is 463 g/mol. The Bertz CT molecular complexity index is 1320. The van der Waals surface area contributed by atoms with E-state index in [4.69, 9.17) is 25.2 Å². The zero-order valence-electron chi connectivity index (χ0n) is 21.6. The van der Waals surface area contributed by atoms with Crippen LogP contribution < -0.4 is 25.3 Å². The highest BCUT2D eigenvalue weighted by Crippen LogP contribution is 2.41. The van der Waals surface area contributed by atoms with E-state index in [2.05, 4.69) is 5.32 Å². The Labute approximate surface area is 210 Å². The van der Waals surface area contributed by atoms with Crippen molar-refractivity contribution in [3.8, 4) is 23.3 Å². The van der Waals surface area contributed by atoms with Crippen LogP contribution >= 0.6 is 0 Å². The van der Waals surface area contributed by atoms with Crippen molar-refractivity contribution < 1.29 is 23.4 Å². The molecule has 0 atom stereocenters. The summed E-state index contributed by atoms with van der Waals surface area (Å²) in [5.41, 5.74) is 7.75. The van der Waals surface area contributed by atoms with Crippen molar-refractivity contribution in [2.75, 3.05) is 37.9 Å². The van der Waals surface area contributed by atoms with E-state index in [1.807, 2.05) is 26.8 Å². The first-order valence-corrected chi connectivity index (χ1v) is 11.8. The van der Waals surface area contributed by atoms with E-state index in [1.54, 1.807) is 45.4 Å². The van der Waals surface area contributed by atoms with Crippen molar-refractivity contribution in [1.29, 1.82) is 5.26 Å². The molecule has 3 N–H and O–H groups in total. The first-order valence-electron chi connectivity index (χ1n) is 11.8. The van der Waals surface area contributed by atoms with Crippen LogP contribution in [-0.4, -0.2) is 37.2 Å². The molecule has 0 aliphatic rings. The second kappa shape index (κ2) is 10.8. The highest BCUT2D eigenvalue weighted by molar-refractivity contribution is 6.00. The molecule has 0 amide bonds. The number of Topliss-reactive ketones (excluding diaryl/α,β-unsaturated/α-hetero) is 1. The van der Waals surface area contributed by atoms with Gasteiger partial charge in [0.1, 0.15) is 18.1 Å². The van der Waals surface area contributed by atoms with Gasteiger partial charge in [0.25, 0.3) is 0 Å². The molecule has 0 saturated heterocycles. The third-order valence-corrected chi connectivity index (χ3v) is 5.76. The summed E-state index contributed by atoms with van der Waals surface area (Å²) >= 11 is 0. The highest BCUT2D eigenvalue weighted by Gasteiger charge is 2.25. The Morgan fingerprint density at radius 3 is 2.44 bits per heavy atom. The van der Waals surface area contributed by atoms with Crippen LogP contribution in [0, 0.1) is 17.1 Å². The minimum absolute atomic E-state index is 0.000749. The Hall–Kier alpha value is -3.93. The number of nitrogens with two attached hydrogens (primary N) is 1. The van der Waals surface area contributed by atoms with Crippen molar-refractivity contribution in [2.24, 2.45) is 0 Å². The van der Waals surface area contributed by atoms with Gasteiger partial charge in [-0.05, 0) is 37.5 Å². The minimum atomic E-state index is -0.621. The topological polar surface area (TPSA) is 112 Å². The quantitative estimate of drug-likeness (QED) is 0.290. The molecule has 1 aromatic heterocycles. The molecule has 0 spiro atoms. The fourth-order valence-electron chi connectivity index (χ4n) is 4.12. The Morgan fingerprint density at radius 1 is 1.17 bits per heavy atom. The van der Waals surface area contributed by atoms with E-state index >= 15 is 4.39 Å². The number of methoxy groups -OCH3 is 1. The van der Waals surface area contributed by atoms with Gasteiger partial charge in [0.2, 0.25) is 0 Å². The van der Waals surface area contributed by atoms with Crippen molar-refractivity contribution in [2.45, 2.75) is 46.6 Å². The Balaban J connectivity index is 2.08. The highest BCUT2D eigenvalue weighted by atomic mass is 19.1. The van der Waals surface area contributed by atoms with Crippen molar-refractivity contribution in [3.05, 3.63) is 41.3 Å². The first kappa shape index (κ1) is 26.7. The van der Waals surface area contributed by atoms with Gasteiger partial charge in [0.15, 0.2) is 23.1 Å². The maximum atomic E-state index is 15.4. The molecule has 36 heavy (non-hydrogen) atoms. The van der Waals surface area contributed by atoms with Crippen molar-refractivity contribution in [3.63, 3.8) is 0 Å². The summed E-state index contributed by atoms with van der Waals surface area (Å²) < 4.78 is 33.6. The smallest absolute Gasteiger partial charge is 0.197 e. The van der Waals surface area contributed by atoms with Crippen LogP contribution in [0.2, 0.25) is 0 Å². The van der Waals surface area contributed by atoms with Crippen LogP contribution in [0.4, 0.5) is 15.9 Å². The van der Waals surface area contributed by atoms with Gasteiger partial charge in [-0.25, -0.2) is 4.39 Å². The number of nitriles is 1. The van der Waals surface area contributed by atoms with Gasteiger partial charge >= 0.3 is 0 Å². The summed E-state index contributed by atoms with van der Waals surface area (Å²) in [7, 11) is 1.55. The summed E-state index contributed by atoms with van der Waals surface area (Å²) in [6.07, 6.45) is 1.63. The number of carbonyl (C=O) groups excluding carboxylic acids is 1. The number of aromatic nitrogens is 1. The maximum absolute atomic E-state index is 15.4. The van der Waals surface area contributed by atoms with E-state index in [1.165, 1.54) is 4.57 Å². The SMILES string of the molecule is CCOc1cc2cn(CC(=O)c3cc(NCC#N)c(OC)c(C(C)(C)C)c3)c(N)c2c(F)c1OCC. The lowest BCUT2D eigenvalue weighted by atomic mass is 9.84. The van der Waals surface area contributed by atoms with Gasteiger partial charge in [0.05, 0.1) is 44.0 Å². The van der Waals surface area contributed by atoms with Crippen molar-refractivity contribution >= 4 is 28.1 Å². The summed E-state index contributed by atoms with van der Waals surface area (Å²) in [5, 5.41) is 12.7. The van der Waals surface area contributed by atoms with Crippen LogP contribution in [0.15, 0.2) is 24.4 Å². The number of benzene rings is 2. The zero-order valence-corrected chi connectivity index (χ0v) is 21.6. The predicted octanol–water partition coefficient (Wildman–Crippen LogP) is 5.28. The van der Waals surface area contributed by atoms with Gasteiger partial charge in [-0.1, -0.05) is 20.8 Å². The lowest BCUT2D eigenvalue weighted by Gasteiger charge is -2.25. The third kappa shape index (κ3) is 5.18. The molecule has 9 heteroatoms. The average molecular weight is 497 g/mol. The molecule has 0 fully saturated rings. The molecule has 2 aromatic carbocycles. The number of ether oxygens (including phenoxy) is 3. The molecule has 1 heterocycles. The number of rotatable bonds is 10. The Kier molecular flexibility index (Phi) is 7.98. The normalized spacial score (nSPS) is 11.3. The van der Waals surface area contributed by atoms with Gasteiger partial charge in [-0.15, -0.1) is 0 Å². The van der Waals surface area contributed by atoms with E-state index < -0.39 is 5.82 Å². The number of anilines is 2. The number of fused-ring (bicyclic) bond motifs is 1. The second-order valence-electron chi connectivity index (χ2n) is 9.28. The molecule has 3 rings (SSSR count). The van der Waals surface area contributed by atoms with Crippen LogP contribution in [0.1, 0.15) is 50.5 Å². The van der Waals surface area contributed by atoms with Gasteiger partial charge in [0, 0.05) is 22.7 Å². The van der Waals surface area contributed by atoms with Crippen LogP contribution in [0.25, 0.3) is 10.8 Å². The maximum Gasteiger partial charge on any atom is 0.197 e. The van der Waals surface area contributed by atoms with E-state index in [-0.39, 0.29) is 53.6 Å². The molecule has 8 nitrogen and oxygen atoms in total. The van der Waals surface area contributed by atoms with E-state index in [0.717, 1.165) is 5.56 Å². The summed E-state index contributed by atoms with van der Waals surface area (Å²) in [6, 6.07) is 7.16. The molecule has 0 aliphatic carbocycles. The molecule has 3 aromatic rings. The lowest BCUT2D eigenvalue weighted by Crippen LogP contribution is -2.18. The molecule has 0 unspecified atom stereocenters. The van der Waals surface area contributed by atoms with Crippen LogP contribution in [0.5, 0.6) is 17.2 Å². The average Bonchev–Trinajstić information content (AvgIpc) is 3.13. The summed E-state index contributed by atoms with van der Waals surface area (Å²) in [5.74, 6) is 0.128. The number of nitrogen functional groups attached to an aromatic ring is 1. The lowest BCUT2D eigenvalue weighted by molar-refractivity contribution is 0.0973. The van der Waals surface area contributed by atoms with Crippen LogP contribution in [-0.2, 0) is 12.0 Å². The number of halogens is 1. The van der Waals surface area contributed by atoms with Gasteiger partial charge < -0.3 is 29.8 Å². The van der Waals surface area contributed by atoms with E-state index in [9.17, 15) is 4.79 Å². The predicted molar refractivity (Wildman–Crippen MR) is 139 cm³/mol. The second-order valence-corrected chi connectivity index (χ2v) is 9.28. The van der Waals surface area contributed by atoms with Crippen molar-refractivity contribution in [1.82, 2.24) is 4.57 Å². The van der Waals surface area contributed by atoms with Gasteiger partial charge in [-0.3, -0.25) is 4.79 Å². The molecule has 192 valence electrons. The number of ketones is 1. The number of hydrogen-bond donors (Lipinski definition) is 2. The van der Waals surface area contributed by atoms with Gasteiger partial charge in [-0.2, -0.15) is 5.26 Å². The third-order valence-electron chi connectivity index (χ3n) is 5.76.